The van der Waals surface area contributed by atoms with Crippen LogP contribution in [0.5, 0.6) is 5.75 Å². The van der Waals surface area contributed by atoms with E-state index in [-0.39, 0.29) is 11.7 Å². The largest absolute Gasteiger partial charge is 0.492 e. The predicted molar refractivity (Wildman–Crippen MR) is 111 cm³/mol. The van der Waals surface area contributed by atoms with E-state index in [0.717, 1.165) is 24.3 Å². The molecule has 3 aromatic rings. The van der Waals surface area contributed by atoms with Crippen LogP contribution in [0.1, 0.15) is 39.3 Å². The number of nitrogens with zero attached hydrogens (tertiary/aromatic N) is 6. The fraction of sp³-hybridized carbons (Fsp3) is 0.429. The van der Waals surface area contributed by atoms with Gasteiger partial charge in [-0.15, -0.1) is 5.10 Å². The lowest BCUT2D eigenvalue weighted by Gasteiger charge is -2.29. The molecule has 0 saturated carbocycles. The zero-order chi connectivity index (χ0) is 20.2. The van der Waals surface area contributed by atoms with Crippen LogP contribution >= 0.6 is 0 Å². The minimum atomic E-state index is -0.290. The Kier molecular flexibility index (Phi) is 5.59. The molecular formula is C21H26N6O2. The molecule has 152 valence electrons. The van der Waals surface area contributed by atoms with Crippen molar-refractivity contribution in [2.45, 2.75) is 39.3 Å². The first kappa shape index (κ1) is 19.2. The summed E-state index contributed by atoms with van der Waals surface area (Å²) in [6.45, 7) is 6.46. The smallest absolute Gasteiger partial charge is 0.254 e. The van der Waals surface area contributed by atoms with Crippen molar-refractivity contribution in [1.29, 1.82) is 0 Å². The third kappa shape index (κ3) is 4.16. The summed E-state index contributed by atoms with van der Waals surface area (Å²) in [5, 5.41) is 8.47. The van der Waals surface area contributed by atoms with Gasteiger partial charge in [0.05, 0.1) is 19.0 Å². The van der Waals surface area contributed by atoms with Crippen LogP contribution in [0.15, 0.2) is 47.8 Å². The zero-order valence-electron chi connectivity index (χ0n) is 16.9. The van der Waals surface area contributed by atoms with Crippen molar-refractivity contribution >= 4 is 5.69 Å². The second-order valence-corrected chi connectivity index (χ2v) is 7.24. The summed E-state index contributed by atoms with van der Waals surface area (Å²) in [5.74, 6) is 0.692. The first-order valence-electron chi connectivity index (χ1n) is 10.1. The van der Waals surface area contributed by atoms with Crippen molar-refractivity contribution in [3.8, 4) is 17.0 Å². The van der Waals surface area contributed by atoms with Crippen LogP contribution in [0.4, 0.5) is 5.69 Å². The van der Waals surface area contributed by atoms with Gasteiger partial charge < -0.3 is 9.64 Å². The Labute approximate surface area is 169 Å². The average molecular weight is 394 g/mol. The lowest BCUT2D eigenvalue weighted by molar-refractivity contribution is 0.339. The van der Waals surface area contributed by atoms with Gasteiger partial charge in [0.1, 0.15) is 17.6 Å². The van der Waals surface area contributed by atoms with E-state index in [1.165, 1.54) is 19.3 Å². The van der Waals surface area contributed by atoms with E-state index < -0.39 is 0 Å². The first-order valence-corrected chi connectivity index (χ1v) is 10.1. The summed E-state index contributed by atoms with van der Waals surface area (Å²) in [6, 6.07) is 5.61. The molecule has 1 aliphatic heterocycles. The molecule has 0 aliphatic carbocycles. The maximum absolute atomic E-state index is 12.7. The highest BCUT2D eigenvalue weighted by atomic mass is 16.5. The minimum Gasteiger partial charge on any atom is -0.492 e. The number of aromatic nitrogens is 5. The van der Waals surface area contributed by atoms with Gasteiger partial charge in [0, 0.05) is 42.8 Å². The number of rotatable bonds is 6. The molecule has 4 heterocycles. The van der Waals surface area contributed by atoms with Gasteiger partial charge in [-0.2, -0.15) is 0 Å². The van der Waals surface area contributed by atoms with Crippen LogP contribution in [0, 0.1) is 0 Å². The molecule has 1 saturated heterocycles. The Balaban J connectivity index is 1.55. The van der Waals surface area contributed by atoms with Gasteiger partial charge >= 0.3 is 0 Å². The van der Waals surface area contributed by atoms with Gasteiger partial charge in [0.25, 0.3) is 5.56 Å². The van der Waals surface area contributed by atoms with E-state index >= 15 is 0 Å². The molecule has 0 aromatic carbocycles. The summed E-state index contributed by atoms with van der Waals surface area (Å²) >= 11 is 0. The Hall–Kier alpha value is -3.16. The monoisotopic (exact) mass is 394 g/mol. The second-order valence-electron chi connectivity index (χ2n) is 7.24. The lowest BCUT2D eigenvalue weighted by Crippen LogP contribution is -2.32. The van der Waals surface area contributed by atoms with E-state index in [9.17, 15) is 4.79 Å². The molecule has 3 aromatic heterocycles. The fourth-order valence-electron chi connectivity index (χ4n) is 3.66. The topological polar surface area (TPSA) is 78.1 Å². The molecule has 0 bridgehead atoms. The number of anilines is 1. The fourth-order valence-corrected chi connectivity index (χ4v) is 3.66. The van der Waals surface area contributed by atoms with Crippen molar-refractivity contribution in [2.75, 3.05) is 24.6 Å². The van der Waals surface area contributed by atoms with Gasteiger partial charge in [-0.05, 0) is 45.2 Å². The van der Waals surface area contributed by atoms with Crippen LogP contribution in [0.2, 0.25) is 0 Å². The predicted octanol–water partition coefficient (Wildman–Crippen LogP) is 2.96. The number of pyridine rings is 2. The van der Waals surface area contributed by atoms with Gasteiger partial charge in [0.2, 0.25) is 0 Å². The molecule has 1 atom stereocenters. The highest BCUT2D eigenvalue weighted by Crippen LogP contribution is 2.22. The van der Waals surface area contributed by atoms with E-state index in [1.54, 1.807) is 27.7 Å². The van der Waals surface area contributed by atoms with E-state index in [1.807, 2.05) is 38.4 Å². The van der Waals surface area contributed by atoms with Crippen molar-refractivity contribution < 1.29 is 4.74 Å². The molecule has 1 fully saturated rings. The van der Waals surface area contributed by atoms with Gasteiger partial charge in [-0.1, -0.05) is 5.21 Å². The number of piperidine rings is 1. The average Bonchev–Trinajstić information content (AvgIpc) is 3.25. The van der Waals surface area contributed by atoms with Crippen molar-refractivity contribution in [3.05, 3.63) is 53.3 Å². The molecule has 0 spiro atoms. The molecule has 8 nitrogen and oxygen atoms in total. The standard InChI is InChI=1S/C21H26N6O2/c1-3-29-19-11-17(13-22-14-19)20-15-27(24-23-20)16(2)26-10-7-18(12-21(26)28)25-8-5-4-6-9-25/h7,10-16H,3-6,8-9H2,1-2H3. The Bertz CT molecular complexity index is 1020. The van der Waals surface area contributed by atoms with Gasteiger partial charge in [-0.25, -0.2) is 4.68 Å². The number of ether oxygens (including phenoxy) is 1. The minimum absolute atomic E-state index is 0.0439. The molecule has 1 unspecified atom stereocenters. The summed E-state index contributed by atoms with van der Waals surface area (Å²) in [5.41, 5.74) is 2.46. The van der Waals surface area contributed by atoms with Gasteiger partial charge in [-0.3, -0.25) is 14.3 Å². The van der Waals surface area contributed by atoms with Crippen LogP contribution in [-0.2, 0) is 0 Å². The first-order chi connectivity index (χ1) is 14.2. The van der Waals surface area contributed by atoms with Crippen LogP contribution in [0.25, 0.3) is 11.3 Å². The van der Waals surface area contributed by atoms with E-state index in [0.29, 0.717) is 18.1 Å². The maximum Gasteiger partial charge on any atom is 0.254 e. The number of hydrogen-bond donors (Lipinski definition) is 0. The third-order valence-corrected chi connectivity index (χ3v) is 5.27. The molecule has 0 radical (unpaired) electrons. The Morgan fingerprint density at radius 3 is 2.76 bits per heavy atom. The van der Waals surface area contributed by atoms with E-state index in [4.69, 9.17) is 4.74 Å². The molecule has 8 heteroatoms. The number of hydrogen-bond acceptors (Lipinski definition) is 6. The maximum atomic E-state index is 12.7. The summed E-state index contributed by atoms with van der Waals surface area (Å²) < 4.78 is 8.85. The highest BCUT2D eigenvalue weighted by Gasteiger charge is 2.16. The molecule has 0 N–H and O–H groups in total. The quantitative estimate of drug-likeness (QED) is 0.640. The molecule has 1 aliphatic rings. The van der Waals surface area contributed by atoms with Crippen LogP contribution in [0.3, 0.4) is 0 Å². The third-order valence-electron chi connectivity index (χ3n) is 5.27. The summed E-state index contributed by atoms with van der Waals surface area (Å²) in [4.78, 5) is 19.2. The van der Waals surface area contributed by atoms with Crippen LogP contribution < -0.4 is 15.2 Å². The molecule has 4 rings (SSSR count). The normalized spacial score (nSPS) is 15.3. The second kappa shape index (κ2) is 8.46. The van der Waals surface area contributed by atoms with Crippen molar-refractivity contribution in [2.24, 2.45) is 0 Å². The molecular weight excluding hydrogens is 368 g/mol. The van der Waals surface area contributed by atoms with Crippen LogP contribution in [-0.4, -0.2) is 44.2 Å². The molecule has 0 amide bonds. The Morgan fingerprint density at radius 1 is 1.17 bits per heavy atom. The van der Waals surface area contributed by atoms with Gasteiger partial charge in [0.15, 0.2) is 0 Å². The lowest BCUT2D eigenvalue weighted by atomic mass is 10.1. The zero-order valence-corrected chi connectivity index (χ0v) is 16.9. The van der Waals surface area contributed by atoms with Crippen molar-refractivity contribution in [3.63, 3.8) is 0 Å². The van der Waals surface area contributed by atoms with Crippen molar-refractivity contribution in [1.82, 2.24) is 24.5 Å². The SMILES string of the molecule is CCOc1cncc(-c2cn(C(C)n3ccc(N4CCCCC4)cc3=O)nn2)c1. The summed E-state index contributed by atoms with van der Waals surface area (Å²) in [6.07, 6.45) is 10.4. The molecule has 29 heavy (non-hydrogen) atoms. The van der Waals surface area contributed by atoms with E-state index in [2.05, 4.69) is 20.2 Å². The summed E-state index contributed by atoms with van der Waals surface area (Å²) in [7, 11) is 0. The Morgan fingerprint density at radius 2 is 2.00 bits per heavy atom. The highest BCUT2D eigenvalue weighted by molar-refractivity contribution is 5.58.